The van der Waals surface area contributed by atoms with Gasteiger partial charge >= 0.3 is 0 Å². The molecule has 0 aromatic carbocycles. The summed E-state index contributed by atoms with van der Waals surface area (Å²) in [5.74, 6) is 0.740. The fraction of sp³-hybridized carbons (Fsp3) is 0.667. The first-order valence-corrected chi connectivity index (χ1v) is 3.93. The highest BCUT2D eigenvalue weighted by Gasteiger charge is 2.17. The molecule has 0 aliphatic heterocycles. The lowest BCUT2D eigenvalue weighted by atomic mass is 10.0. The summed E-state index contributed by atoms with van der Waals surface area (Å²) in [5, 5.41) is 0. The predicted octanol–water partition coefficient (Wildman–Crippen LogP) is 2.43. The van der Waals surface area contributed by atoms with Gasteiger partial charge in [-0.25, -0.2) is 0 Å². The minimum Gasteiger partial charge on any atom is -0.301 e. The van der Waals surface area contributed by atoms with Crippen LogP contribution in [-0.2, 0) is 0 Å². The van der Waals surface area contributed by atoms with Gasteiger partial charge in [0.25, 0.3) is 0 Å². The van der Waals surface area contributed by atoms with Crippen LogP contribution in [0.1, 0.15) is 25.7 Å². The summed E-state index contributed by atoms with van der Waals surface area (Å²) < 4.78 is 0. The summed E-state index contributed by atoms with van der Waals surface area (Å²) in [6.07, 6.45) is 7.00. The highest BCUT2D eigenvalue weighted by atomic mass is 14.6. The molecule has 0 aromatic heterocycles. The van der Waals surface area contributed by atoms with E-state index < -0.39 is 0 Å². The van der Waals surface area contributed by atoms with Gasteiger partial charge < -0.3 is 4.99 Å². The monoisotopic (exact) mass is 137 g/mol. The van der Waals surface area contributed by atoms with E-state index in [4.69, 9.17) is 0 Å². The lowest BCUT2D eigenvalue weighted by Crippen LogP contribution is -1.95. The predicted molar refractivity (Wildman–Crippen MR) is 45.5 cm³/mol. The van der Waals surface area contributed by atoms with Gasteiger partial charge in [-0.2, -0.15) is 0 Å². The zero-order chi connectivity index (χ0) is 7.40. The number of hydrogen-bond donors (Lipinski definition) is 0. The highest BCUT2D eigenvalue weighted by Crippen LogP contribution is 2.31. The third-order valence-electron chi connectivity index (χ3n) is 2.20. The molecule has 0 aromatic rings. The molecule has 1 aliphatic carbocycles. The van der Waals surface area contributed by atoms with Gasteiger partial charge in [0.2, 0.25) is 0 Å². The molecule has 56 valence electrons. The zero-order valence-electron chi connectivity index (χ0n) is 6.64. The van der Waals surface area contributed by atoms with Gasteiger partial charge in [-0.3, -0.25) is 0 Å². The summed E-state index contributed by atoms with van der Waals surface area (Å²) in [5.41, 5.74) is 1.43. The van der Waals surface area contributed by atoms with Crippen molar-refractivity contribution in [2.45, 2.75) is 25.7 Å². The maximum absolute atomic E-state index is 4.03. The van der Waals surface area contributed by atoms with E-state index in [2.05, 4.69) is 11.6 Å². The molecule has 0 saturated heterocycles. The van der Waals surface area contributed by atoms with Gasteiger partial charge in [-0.1, -0.05) is 12.2 Å². The van der Waals surface area contributed by atoms with Crippen LogP contribution in [0.4, 0.5) is 0 Å². The maximum atomic E-state index is 4.03. The van der Waals surface area contributed by atoms with Crippen LogP contribution in [0.3, 0.4) is 0 Å². The largest absolute Gasteiger partial charge is 0.301 e. The molecular formula is C9H15N. The molecular weight excluding hydrogens is 122 g/mol. The Balaban J connectivity index is 2.33. The van der Waals surface area contributed by atoms with Crippen molar-refractivity contribution in [2.24, 2.45) is 10.9 Å². The second kappa shape index (κ2) is 3.55. The summed E-state index contributed by atoms with van der Waals surface area (Å²) >= 11 is 0. The second-order valence-corrected chi connectivity index (χ2v) is 2.92. The van der Waals surface area contributed by atoms with Crippen molar-refractivity contribution in [1.82, 2.24) is 0 Å². The smallest absolute Gasteiger partial charge is 0.0273 e. The first-order valence-electron chi connectivity index (χ1n) is 3.93. The van der Waals surface area contributed by atoms with Gasteiger partial charge in [0, 0.05) is 7.05 Å². The highest BCUT2D eigenvalue weighted by molar-refractivity contribution is 5.58. The number of rotatable bonds is 2. The molecule has 0 amide bonds. The first-order chi connectivity index (χ1) is 4.84. The minimum absolute atomic E-state index is 0.740. The Labute approximate surface area is 62.9 Å². The minimum atomic E-state index is 0.740. The third kappa shape index (κ3) is 1.69. The molecule has 0 N–H and O–H groups in total. The topological polar surface area (TPSA) is 12.4 Å². The standard InChI is InChI=1S/C9H15N/c1-8-4-3-5-9(8)6-7-10-2/h7,9H,1,3-6H2,2H3/b10-7-. The first kappa shape index (κ1) is 7.52. The Morgan fingerprint density at radius 2 is 2.60 bits per heavy atom. The van der Waals surface area contributed by atoms with Crippen LogP contribution in [0, 0.1) is 5.92 Å². The normalized spacial score (nSPS) is 26.5. The fourth-order valence-corrected chi connectivity index (χ4v) is 1.50. The van der Waals surface area contributed by atoms with Crippen LogP contribution in [0.5, 0.6) is 0 Å². The SMILES string of the molecule is C=C1CCCC1C/C=N\C. The summed E-state index contributed by atoms with van der Waals surface area (Å²) in [7, 11) is 1.83. The van der Waals surface area contributed by atoms with E-state index in [1.807, 2.05) is 13.3 Å². The van der Waals surface area contributed by atoms with E-state index in [1.54, 1.807) is 0 Å². The Kier molecular flexibility index (Phi) is 2.67. The quantitative estimate of drug-likeness (QED) is 0.409. The van der Waals surface area contributed by atoms with Crippen molar-refractivity contribution in [1.29, 1.82) is 0 Å². The van der Waals surface area contributed by atoms with Crippen LogP contribution >= 0.6 is 0 Å². The van der Waals surface area contributed by atoms with Crippen LogP contribution in [0.15, 0.2) is 17.1 Å². The fourth-order valence-electron chi connectivity index (χ4n) is 1.50. The molecule has 10 heavy (non-hydrogen) atoms. The van der Waals surface area contributed by atoms with E-state index in [-0.39, 0.29) is 0 Å². The Morgan fingerprint density at radius 3 is 3.10 bits per heavy atom. The van der Waals surface area contributed by atoms with E-state index in [9.17, 15) is 0 Å². The molecule has 1 aliphatic rings. The van der Waals surface area contributed by atoms with Crippen molar-refractivity contribution in [3.05, 3.63) is 12.2 Å². The van der Waals surface area contributed by atoms with Crippen molar-refractivity contribution in [3.8, 4) is 0 Å². The molecule has 1 atom stereocenters. The molecule has 1 rings (SSSR count). The average Bonchev–Trinajstić information content (AvgIpc) is 2.31. The van der Waals surface area contributed by atoms with Crippen molar-refractivity contribution < 1.29 is 0 Å². The second-order valence-electron chi connectivity index (χ2n) is 2.92. The Morgan fingerprint density at radius 1 is 1.80 bits per heavy atom. The van der Waals surface area contributed by atoms with Gasteiger partial charge in [0.15, 0.2) is 0 Å². The van der Waals surface area contributed by atoms with E-state index in [0.29, 0.717) is 0 Å². The average molecular weight is 137 g/mol. The summed E-state index contributed by atoms with van der Waals surface area (Å²) in [4.78, 5) is 3.97. The Hall–Kier alpha value is -0.590. The molecule has 0 heterocycles. The van der Waals surface area contributed by atoms with Crippen LogP contribution < -0.4 is 0 Å². The Bertz CT molecular complexity index is 147. The van der Waals surface area contributed by atoms with E-state index in [1.165, 1.54) is 24.8 Å². The molecule has 1 unspecified atom stereocenters. The summed E-state index contributed by atoms with van der Waals surface area (Å²) in [6.45, 7) is 4.03. The molecule has 0 radical (unpaired) electrons. The van der Waals surface area contributed by atoms with E-state index >= 15 is 0 Å². The summed E-state index contributed by atoms with van der Waals surface area (Å²) in [6, 6.07) is 0. The van der Waals surface area contributed by atoms with Gasteiger partial charge in [-0.15, -0.1) is 0 Å². The number of hydrogen-bond acceptors (Lipinski definition) is 1. The number of aliphatic imine (C=N–C) groups is 1. The number of nitrogens with zero attached hydrogens (tertiary/aromatic N) is 1. The van der Waals surface area contributed by atoms with Gasteiger partial charge in [0.05, 0.1) is 0 Å². The van der Waals surface area contributed by atoms with Gasteiger partial charge in [0.1, 0.15) is 0 Å². The molecule has 0 spiro atoms. The molecule has 1 saturated carbocycles. The zero-order valence-corrected chi connectivity index (χ0v) is 6.64. The van der Waals surface area contributed by atoms with Crippen molar-refractivity contribution in [2.75, 3.05) is 7.05 Å². The van der Waals surface area contributed by atoms with E-state index in [0.717, 1.165) is 12.3 Å². The van der Waals surface area contributed by atoms with Crippen LogP contribution in [0.25, 0.3) is 0 Å². The molecule has 0 bridgehead atoms. The third-order valence-corrected chi connectivity index (χ3v) is 2.20. The van der Waals surface area contributed by atoms with Crippen LogP contribution in [0.2, 0.25) is 0 Å². The molecule has 1 fully saturated rings. The van der Waals surface area contributed by atoms with Crippen molar-refractivity contribution in [3.63, 3.8) is 0 Å². The number of allylic oxidation sites excluding steroid dienone is 1. The van der Waals surface area contributed by atoms with Crippen molar-refractivity contribution >= 4 is 6.21 Å². The molecule has 1 heteroatoms. The lowest BCUT2D eigenvalue weighted by molar-refractivity contribution is 0.661. The molecule has 1 nitrogen and oxygen atoms in total. The lowest BCUT2D eigenvalue weighted by Gasteiger charge is -2.05. The maximum Gasteiger partial charge on any atom is 0.0273 e. The van der Waals surface area contributed by atoms with Crippen LogP contribution in [-0.4, -0.2) is 13.3 Å². The van der Waals surface area contributed by atoms with Gasteiger partial charge in [-0.05, 0) is 37.8 Å².